The zero-order valence-corrected chi connectivity index (χ0v) is 16.0. The lowest BCUT2D eigenvalue weighted by atomic mass is 10.0. The summed E-state index contributed by atoms with van der Waals surface area (Å²) in [6, 6.07) is 10.9. The summed E-state index contributed by atoms with van der Waals surface area (Å²) >= 11 is 6.23. The van der Waals surface area contributed by atoms with Crippen LogP contribution in [0.1, 0.15) is 21.6 Å². The van der Waals surface area contributed by atoms with E-state index < -0.39 is 0 Å². The monoisotopic (exact) mass is 396 g/mol. The van der Waals surface area contributed by atoms with Crippen molar-refractivity contribution in [2.75, 3.05) is 17.2 Å². The lowest BCUT2D eigenvalue weighted by molar-refractivity contribution is -0.118. The Bertz CT molecular complexity index is 1110. The summed E-state index contributed by atoms with van der Waals surface area (Å²) < 4.78 is 5.36. The summed E-state index contributed by atoms with van der Waals surface area (Å²) in [4.78, 5) is 24.0. The van der Waals surface area contributed by atoms with Crippen molar-refractivity contribution < 1.29 is 14.3 Å². The fraction of sp³-hybridized carbons (Fsp3) is 0.150. The second kappa shape index (κ2) is 7.01. The average Bonchev–Trinajstić information content (AvgIpc) is 3.12. The van der Waals surface area contributed by atoms with E-state index in [0.717, 1.165) is 16.7 Å². The molecule has 0 radical (unpaired) electrons. The molecule has 142 valence electrons. The van der Waals surface area contributed by atoms with Crippen LogP contribution >= 0.6 is 11.6 Å². The number of rotatable bonds is 3. The lowest BCUT2D eigenvalue weighted by Crippen LogP contribution is -2.25. The molecule has 1 aliphatic heterocycles. The van der Waals surface area contributed by atoms with Gasteiger partial charge in [0.05, 0.1) is 22.1 Å². The number of H-pyrrole nitrogens is 1. The largest absolute Gasteiger partial charge is 0.482 e. The molecule has 7 nitrogen and oxygen atoms in total. The number of amides is 2. The molecule has 2 amide bonds. The third-order valence-corrected chi connectivity index (χ3v) is 4.74. The summed E-state index contributed by atoms with van der Waals surface area (Å²) in [6.07, 6.45) is 0. The minimum Gasteiger partial charge on any atom is -0.482 e. The first-order valence-corrected chi connectivity index (χ1v) is 8.99. The minimum atomic E-state index is -0.384. The number of aromatic amines is 1. The predicted molar refractivity (Wildman–Crippen MR) is 107 cm³/mol. The van der Waals surface area contributed by atoms with Gasteiger partial charge in [0, 0.05) is 11.6 Å². The summed E-state index contributed by atoms with van der Waals surface area (Å²) in [6.45, 7) is 3.95. The van der Waals surface area contributed by atoms with Crippen molar-refractivity contribution in [3.8, 4) is 17.0 Å². The van der Waals surface area contributed by atoms with Crippen LogP contribution in [0, 0.1) is 13.8 Å². The topological polar surface area (TPSA) is 96.1 Å². The number of carbonyl (C=O) groups is 2. The predicted octanol–water partition coefficient (Wildman–Crippen LogP) is 3.93. The number of hydrogen-bond donors (Lipinski definition) is 3. The second-order valence-electron chi connectivity index (χ2n) is 6.60. The minimum absolute atomic E-state index is 0.0815. The van der Waals surface area contributed by atoms with Crippen molar-refractivity contribution in [1.29, 1.82) is 0 Å². The van der Waals surface area contributed by atoms with Crippen molar-refractivity contribution in [2.45, 2.75) is 13.8 Å². The van der Waals surface area contributed by atoms with Crippen LogP contribution in [0.3, 0.4) is 0 Å². The van der Waals surface area contributed by atoms with Gasteiger partial charge in [0.25, 0.3) is 11.8 Å². The van der Waals surface area contributed by atoms with E-state index in [-0.39, 0.29) is 23.4 Å². The van der Waals surface area contributed by atoms with Gasteiger partial charge < -0.3 is 15.4 Å². The van der Waals surface area contributed by atoms with Crippen molar-refractivity contribution in [3.63, 3.8) is 0 Å². The van der Waals surface area contributed by atoms with Crippen molar-refractivity contribution in [2.24, 2.45) is 0 Å². The van der Waals surface area contributed by atoms with Crippen LogP contribution in [-0.2, 0) is 4.79 Å². The van der Waals surface area contributed by atoms with Gasteiger partial charge in [-0.05, 0) is 31.5 Å². The van der Waals surface area contributed by atoms with Gasteiger partial charge >= 0.3 is 0 Å². The van der Waals surface area contributed by atoms with Crippen LogP contribution < -0.4 is 15.4 Å². The van der Waals surface area contributed by atoms with E-state index in [1.807, 2.05) is 26.0 Å². The Balaban J connectivity index is 1.56. The maximum absolute atomic E-state index is 12.6. The first-order chi connectivity index (χ1) is 13.4. The van der Waals surface area contributed by atoms with E-state index in [0.29, 0.717) is 28.5 Å². The molecule has 8 heteroatoms. The molecule has 1 aromatic heterocycles. The van der Waals surface area contributed by atoms with Crippen LogP contribution in [0.5, 0.6) is 5.75 Å². The van der Waals surface area contributed by atoms with E-state index in [1.54, 1.807) is 12.1 Å². The number of aryl methyl sites for hydroxylation is 2. The molecule has 2 heterocycles. The standard InChI is InChI=1S/C20H17ClN4O3/c1-10-3-4-12(11(2)5-10)14-7-17(25-24-14)20(27)23-15-8-18-16(6-13(15)21)22-19(26)9-28-18/h3-8H,9H2,1-2H3,(H,22,26)(H,23,27)(H,24,25). The Morgan fingerprint density at radius 3 is 2.82 bits per heavy atom. The highest BCUT2D eigenvalue weighted by molar-refractivity contribution is 6.34. The molecule has 3 aromatic rings. The summed E-state index contributed by atoms with van der Waals surface area (Å²) in [7, 11) is 0. The Morgan fingerprint density at radius 2 is 2.04 bits per heavy atom. The van der Waals surface area contributed by atoms with Gasteiger partial charge in [-0.2, -0.15) is 5.10 Å². The molecule has 1 aliphatic rings. The van der Waals surface area contributed by atoms with Crippen LogP contribution in [0.2, 0.25) is 5.02 Å². The summed E-state index contributed by atoms with van der Waals surface area (Å²) in [5.41, 5.74) is 5.04. The van der Waals surface area contributed by atoms with Gasteiger partial charge in [-0.1, -0.05) is 35.4 Å². The molecule has 0 saturated carbocycles. The Kier molecular flexibility index (Phi) is 4.52. The Hall–Kier alpha value is -3.32. The number of fused-ring (bicyclic) bond motifs is 1. The zero-order valence-electron chi connectivity index (χ0n) is 15.2. The van der Waals surface area contributed by atoms with E-state index in [4.69, 9.17) is 16.3 Å². The zero-order chi connectivity index (χ0) is 19.8. The maximum Gasteiger partial charge on any atom is 0.273 e. The quantitative estimate of drug-likeness (QED) is 0.625. The van der Waals surface area contributed by atoms with E-state index >= 15 is 0 Å². The lowest BCUT2D eigenvalue weighted by Gasteiger charge is -2.19. The molecule has 28 heavy (non-hydrogen) atoms. The number of ether oxygens (including phenoxy) is 1. The highest BCUT2D eigenvalue weighted by Gasteiger charge is 2.20. The SMILES string of the molecule is Cc1ccc(-c2cc(C(=O)Nc3cc4c(cc3Cl)NC(=O)CO4)[nH]n2)c(C)c1. The first-order valence-electron chi connectivity index (χ1n) is 8.61. The molecule has 0 spiro atoms. The molecule has 0 bridgehead atoms. The first kappa shape index (κ1) is 18.1. The van der Waals surface area contributed by atoms with Crippen LogP contribution in [-0.4, -0.2) is 28.6 Å². The van der Waals surface area contributed by atoms with Crippen molar-refractivity contribution in [1.82, 2.24) is 10.2 Å². The smallest absolute Gasteiger partial charge is 0.273 e. The Labute approximate surface area is 166 Å². The molecule has 4 rings (SSSR count). The summed E-state index contributed by atoms with van der Waals surface area (Å²) in [5.74, 6) is -0.193. The molecule has 3 N–H and O–H groups in total. The van der Waals surface area contributed by atoms with Crippen LogP contribution in [0.4, 0.5) is 11.4 Å². The molecule has 0 fully saturated rings. The number of hydrogen-bond acceptors (Lipinski definition) is 4. The third kappa shape index (κ3) is 3.44. The van der Waals surface area contributed by atoms with Gasteiger partial charge in [-0.25, -0.2) is 0 Å². The number of nitrogens with zero attached hydrogens (tertiary/aromatic N) is 1. The highest BCUT2D eigenvalue weighted by Crippen LogP contribution is 2.36. The fourth-order valence-corrected chi connectivity index (χ4v) is 3.27. The van der Waals surface area contributed by atoms with Gasteiger partial charge in [0.2, 0.25) is 0 Å². The number of aromatic nitrogens is 2. The van der Waals surface area contributed by atoms with Crippen LogP contribution in [0.15, 0.2) is 36.4 Å². The average molecular weight is 397 g/mol. The Morgan fingerprint density at radius 1 is 1.21 bits per heavy atom. The number of anilines is 2. The number of nitrogens with one attached hydrogen (secondary N) is 3. The second-order valence-corrected chi connectivity index (χ2v) is 7.01. The normalized spacial score (nSPS) is 12.8. The van der Waals surface area contributed by atoms with Crippen molar-refractivity contribution in [3.05, 3.63) is 58.2 Å². The van der Waals surface area contributed by atoms with E-state index in [1.165, 1.54) is 6.07 Å². The van der Waals surface area contributed by atoms with Gasteiger partial charge in [0.1, 0.15) is 11.4 Å². The van der Waals surface area contributed by atoms with Crippen LogP contribution in [0.25, 0.3) is 11.3 Å². The molecular weight excluding hydrogens is 380 g/mol. The molecular formula is C20H17ClN4O3. The van der Waals surface area contributed by atoms with Gasteiger partial charge in [-0.3, -0.25) is 14.7 Å². The third-order valence-electron chi connectivity index (χ3n) is 4.43. The van der Waals surface area contributed by atoms with E-state index in [9.17, 15) is 9.59 Å². The molecule has 0 saturated heterocycles. The number of benzene rings is 2. The van der Waals surface area contributed by atoms with Gasteiger partial charge in [0.15, 0.2) is 6.61 Å². The molecule has 2 aromatic carbocycles. The maximum atomic E-state index is 12.6. The molecule has 0 unspecified atom stereocenters. The van der Waals surface area contributed by atoms with E-state index in [2.05, 4.69) is 26.9 Å². The number of halogens is 1. The fourth-order valence-electron chi connectivity index (χ4n) is 3.06. The summed E-state index contributed by atoms with van der Waals surface area (Å²) in [5, 5.41) is 12.7. The molecule has 0 atom stereocenters. The number of carbonyl (C=O) groups excluding carboxylic acids is 2. The highest BCUT2D eigenvalue weighted by atomic mass is 35.5. The van der Waals surface area contributed by atoms with Crippen molar-refractivity contribution >= 4 is 34.8 Å². The molecule has 0 aliphatic carbocycles. The van der Waals surface area contributed by atoms with Gasteiger partial charge in [-0.15, -0.1) is 0 Å².